The molecule has 0 unspecified atom stereocenters. The number of nitrogens with one attached hydrogen (secondary N) is 1. The van der Waals surface area contributed by atoms with Crippen LogP contribution in [-0.2, 0) is 11.3 Å². The van der Waals surface area contributed by atoms with Crippen LogP contribution in [0.4, 0.5) is 10.1 Å². The molecule has 0 aliphatic heterocycles. The first kappa shape index (κ1) is 19.8. The molecule has 0 saturated heterocycles. The van der Waals surface area contributed by atoms with Crippen molar-refractivity contribution in [1.29, 1.82) is 0 Å². The van der Waals surface area contributed by atoms with Crippen molar-refractivity contribution in [1.82, 2.24) is 9.13 Å². The van der Waals surface area contributed by atoms with Crippen molar-refractivity contribution in [2.45, 2.75) is 20.4 Å². The standard InChI is InChI=1S/C22H18FN3O3S/c1-13-8-14(2)10-17(9-13)26-21(28)20-18(6-7-30-20)25(22(26)29)12-19(27)24-16-5-3-4-15(23)11-16/h3-11H,12H2,1-2H3,(H,24,27). The number of halogens is 1. The van der Waals surface area contributed by atoms with Gasteiger partial charge in [-0.05, 0) is 66.8 Å². The average molecular weight is 423 g/mol. The van der Waals surface area contributed by atoms with E-state index in [0.717, 1.165) is 15.7 Å². The summed E-state index contributed by atoms with van der Waals surface area (Å²) < 4.78 is 16.1. The summed E-state index contributed by atoms with van der Waals surface area (Å²) >= 11 is 1.21. The Labute approximate surface area is 174 Å². The lowest BCUT2D eigenvalue weighted by molar-refractivity contribution is -0.116. The largest absolute Gasteiger partial charge is 0.336 e. The Morgan fingerprint density at radius 2 is 1.80 bits per heavy atom. The molecule has 4 rings (SSSR count). The van der Waals surface area contributed by atoms with Gasteiger partial charge >= 0.3 is 5.69 Å². The Balaban J connectivity index is 1.82. The van der Waals surface area contributed by atoms with E-state index in [1.807, 2.05) is 19.9 Å². The van der Waals surface area contributed by atoms with Crippen LogP contribution in [0.3, 0.4) is 0 Å². The van der Waals surface area contributed by atoms with Crippen LogP contribution in [0.5, 0.6) is 0 Å². The van der Waals surface area contributed by atoms with E-state index < -0.39 is 23.0 Å². The number of carbonyl (C=O) groups is 1. The number of thiophene rings is 1. The fourth-order valence-corrected chi connectivity index (χ4v) is 4.28. The third kappa shape index (κ3) is 3.69. The molecule has 0 radical (unpaired) electrons. The van der Waals surface area contributed by atoms with Crippen LogP contribution in [0.15, 0.2) is 63.5 Å². The summed E-state index contributed by atoms with van der Waals surface area (Å²) in [6.45, 7) is 3.46. The predicted molar refractivity (Wildman–Crippen MR) is 116 cm³/mol. The van der Waals surface area contributed by atoms with Gasteiger partial charge in [-0.1, -0.05) is 12.1 Å². The smallest absolute Gasteiger partial charge is 0.324 e. The molecular formula is C22H18FN3O3S. The number of benzene rings is 2. The van der Waals surface area contributed by atoms with Crippen LogP contribution >= 0.6 is 11.3 Å². The lowest BCUT2D eigenvalue weighted by atomic mass is 10.1. The zero-order chi connectivity index (χ0) is 21.4. The molecule has 1 N–H and O–H groups in total. The lowest BCUT2D eigenvalue weighted by Gasteiger charge is -2.13. The molecule has 6 nitrogen and oxygen atoms in total. The van der Waals surface area contributed by atoms with Gasteiger partial charge in [0.15, 0.2) is 0 Å². The van der Waals surface area contributed by atoms with Crippen LogP contribution in [0.25, 0.3) is 15.9 Å². The number of fused-ring (bicyclic) bond motifs is 1. The predicted octanol–water partition coefficient (Wildman–Crippen LogP) is 3.61. The highest BCUT2D eigenvalue weighted by atomic mass is 32.1. The molecule has 2 aromatic heterocycles. The number of anilines is 1. The monoisotopic (exact) mass is 423 g/mol. The molecule has 2 heterocycles. The molecule has 152 valence electrons. The fourth-order valence-electron chi connectivity index (χ4n) is 3.46. The SMILES string of the molecule is Cc1cc(C)cc(-n2c(=O)c3sccc3n(CC(=O)Nc3cccc(F)c3)c2=O)c1. The Morgan fingerprint density at radius 3 is 2.50 bits per heavy atom. The van der Waals surface area contributed by atoms with Crippen LogP contribution in [0, 0.1) is 19.7 Å². The molecule has 0 aliphatic carbocycles. The van der Waals surface area contributed by atoms with E-state index >= 15 is 0 Å². The Kier molecular flexibility index (Phi) is 5.09. The van der Waals surface area contributed by atoms with E-state index in [1.165, 1.54) is 34.1 Å². The number of nitrogens with zero attached hydrogens (tertiary/aromatic N) is 2. The maximum atomic E-state index is 13.4. The van der Waals surface area contributed by atoms with Gasteiger partial charge in [-0.3, -0.25) is 14.2 Å². The van der Waals surface area contributed by atoms with E-state index in [-0.39, 0.29) is 12.2 Å². The normalized spacial score (nSPS) is 11.0. The molecule has 4 aromatic rings. The highest BCUT2D eigenvalue weighted by Gasteiger charge is 2.18. The minimum Gasteiger partial charge on any atom is -0.324 e. The molecule has 0 saturated carbocycles. The Hall–Kier alpha value is -3.52. The molecule has 0 spiro atoms. The van der Waals surface area contributed by atoms with Gasteiger partial charge in [0.1, 0.15) is 17.1 Å². The maximum Gasteiger partial charge on any atom is 0.336 e. The summed E-state index contributed by atoms with van der Waals surface area (Å²) in [6.07, 6.45) is 0. The van der Waals surface area contributed by atoms with Crippen molar-refractivity contribution in [2.24, 2.45) is 0 Å². The summed E-state index contributed by atoms with van der Waals surface area (Å²) in [4.78, 5) is 38.8. The summed E-state index contributed by atoms with van der Waals surface area (Å²) in [5.41, 5.74) is 1.94. The average Bonchev–Trinajstić information content (AvgIpc) is 3.14. The molecular weight excluding hydrogens is 405 g/mol. The summed E-state index contributed by atoms with van der Waals surface area (Å²) in [5.74, 6) is -0.977. The minimum absolute atomic E-state index is 0.289. The number of aryl methyl sites for hydroxylation is 2. The van der Waals surface area contributed by atoms with E-state index in [9.17, 15) is 18.8 Å². The number of amides is 1. The van der Waals surface area contributed by atoms with Crippen molar-refractivity contribution in [3.05, 3.63) is 91.7 Å². The maximum absolute atomic E-state index is 13.4. The van der Waals surface area contributed by atoms with Gasteiger partial charge in [-0.2, -0.15) is 0 Å². The van der Waals surface area contributed by atoms with Gasteiger partial charge in [0.25, 0.3) is 5.56 Å². The van der Waals surface area contributed by atoms with E-state index in [2.05, 4.69) is 5.32 Å². The topological polar surface area (TPSA) is 73.1 Å². The fraction of sp³-hybridized carbons (Fsp3) is 0.136. The van der Waals surface area contributed by atoms with Gasteiger partial charge in [0, 0.05) is 5.69 Å². The second-order valence-electron chi connectivity index (χ2n) is 7.05. The summed E-state index contributed by atoms with van der Waals surface area (Å²) in [6, 6.07) is 12.6. The molecule has 8 heteroatoms. The first-order valence-electron chi connectivity index (χ1n) is 9.20. The van der Waals surface area contributed by atoms with Gasteiger partial charge in [0.05, 0.1) is 11.2 Å². The van der Waals surface area contributed by atoms with Crippen molar-refractivity contribution in [2.75, 3.05) is 5.32 Å². The summed E-state index contributed by atoms with van der Waals surface area (Å²) in [5, 5.41) is 4.29. The van der Waals surface area contributed by atoms with Crippen LogP contribution < -0.4 is 16.6 Å². The Bertz CT molecular complexity index is 1380. The minimum atomic E-state index is -0.606. The highest BCUT2D eigenvalue weighted by Crippen LogP contribution is 2.18. The molecule has 0 atom stereocenters. The van der Waals surface area contributed by atoms with Crippen LogP contribution in [0.1, 0.15) is 11.1 Å². The van der Waals surface area contributed by atoms with Gasteiger partial charge in [0.2, 0.25) is 5.91 Å². The first-order chi connectivity index (χ1) is 14.3. The Morgan fingerprint density at radius 1 is 1.07 bits per heavy atom. The number of carbonyl (C=O) groups excluding carboxylic acids is 1. The number of hydrogen-bond donors (Lipinski definition) is 1. The molecule has 1 amide bonds. The quantitative estimate of drug-likeness (QED) is 0.545. The molecule has 30 heavy (non-hydrogen) atoms. The molecule has 0 fully saturated rings. The number of rotatable bonds is 4. The van der Waals surface area contributed by atoms with Crippen molar-refractivity contribution in [3.63, 3.8) is 0 Å². The lowest BCUT2D eigenvalue weighted by Crippen LogP contribution is -2.40. The second kappa shape index (κ2) is 7.72. The van der Waals surface area contributed by atoms with Crippen molar-refractivity contribution >= 4 is 33.1 Å². The summed E-state index contributed by atoms with van der Waals surface area (Å²) in [7, 11) is 0. The van der Waals surface area contributed by atoms with Crippen molar-refractivity contribution in [3.8, 4) is 5.69 Å². The van der Waals surface area contributed by atoms with Gasteiger partial charge < -0.3 is 5.32 Å². The van der Waals surface area contributed by atoms with Crippen LogP contribution in [-0.4, -0.2) is 15.0 Å². The highest BCUT2D eigenvalue weighted by molar-refractivity contribution is 7.17. The zero-order valence-corrected chi connectivity index (χ0v) is 17.1. The molecule has 0 aliphatic rings. The van der Waals surface area contributed by atoms with Gasteiger partial charge in [-0.25, -0.2) is 13.8 Å². The third-order valence-electron chi connectivity index (χ3n) is 4.63. The zero-order valence-electron chi connectivity index (χ0n) is 16.3. The number of aromatic nitrogens is 2. The van der Waals surface area contributed by atoms with E-state index in [1.54, 1.807) is 29.6 Å². The molecule has 2 aromatic carbocycles. The van der Waals surface area contributed by atoms with Gasteiger partial charge in [-0.15, -0.1) is 11.3 Å². The third-order valence-corrected chi connectivity index (χ3v) is 5.52. The first-order valence-corrected chi connectivity index (χ1v) is 10.1. The number of hydrogen-bond acceptors (Lipinski definition) is 4. The van der Waals surface area contributed by atoms with E-state index in [0.29, 0.717) is 15.9 Å². The van der Waals surface area contributed by atoms with Crippen LogP contribution in [0.2, 0.25) is 0 Å². The van der Waals surface area contributed by atoms with E-state index in [4.69, 9.17) is 0 Å². The molecule has 0 bridgehead atoms. The van der Waals surface area contributed by atoms with Crippen molar-refractivity contribution < 1.29 is 9.18 Å². The second-order valence-corrected chi connectivity index (χ2v) is 7.96.